The number of ether oxygens (including phenoxy) is 1. The Hall–Kier alpha value is -2.73. The van der Waals surface area contributed by atoms with Gasteiger partial charge < -0.3 is 10.1 Å². The number of nitro benzene ring substituents is 2. The normalized spacial score (nSPS) is 11.5. The number of benzene rings is 1. The molecule has 1 atom stereocenters. The van der Waals surface area contributed by atoms with Gasteiger partial charge in [0.2, 0.25) is 0 Å². The largest absolute Gasteiger partial charge is 0.383 e. The van der Waals surface area contributed by atoms with Gasteiger partial charge in [0.15, 0.2) is 5.69 Å². The van der Waals surface area contributed by atoms with Crippen molar-refractivity contribution >= 4 is 17.1 Å². The molecule has 0 fully saturated rings. The van der Waals surface area contributed by atoms with Crippen LogP contribution in [0.15, 0.2) is 6.07 Å². The van der Waals surface area contributed by atoms with Crippen LogP contribution in [0.4, 0.5) is 17.1 Å². The van der Waals surface area contributed by atoms with Crippen LogP contribution in [0.3, 0.4) is 0 Å². The first-order valence-corrected chi connectivity index (χ1v) is 6.41. The molecule has 0 aliphatic heterocycles. The van der Waals surface area contributed by atoms with E-state index in [9.17, 15) is 20.2 Å². The number of methoxy groups -OCH3 is 1. The summed E-state index contributed by atoms with van der Waals surface area (Å²) in [6.07, 6.45) is -0.201. The highest BCUT2D eigenvalue weighted by Gasteiger charge is 2.31. The van der Waals surface area contributed by atoms with Crippen LogP contribution < -0.4 is 5.32 Å². The molecular weight excluding hydrogens is 292 g/mol. The average molecular weight is 308 g/mol. The molecule has 1 aromatic rings. The van der Waals surface area contributed by atoms with Crippen LogP contribution in [-0.4, -0.2) is 29.6 Å². The Morgan fingerprint density at radius 3 is 2.50 bits per heavy atom. The molecule has 9 nitrogen and oxygen atoms in total. The summed E-state index contributed by atoms with van der Waals surface area (Å²) in [5.41, 5.74) is -0.518. The van der Waals surface area contributed by atoms with Gasteiger partial charge >= 0.3 is 5.69 Å². The summed E-state index contributed by atoms with van der Waals surface area (Å²) >= 11 is 0. The molecule has 0 aliphatic carbocycles. The van der Waals surface area contributed by atoms with Gasteiger partial charge in [-0.2, -0.15) is 5.26 Å². The van der Waals surface area contributed by atoms with Crippen LogP contribution in [0, 0.1) is 38.5 Å². The van der Waals surface area contributed by atoms with Crippen LogP contribution in [0.2, 0.25) is 0 Å². The molecule has 0 aromatic heterocycles. The van der Waals surface area contributed by atoms with E-state index in [2.05, 4.69) is 5.32 Å². The summed E-state index contributed by atoms with van der Waals surface area (Å²) in [5.74, 6) is 0. The number of anilines is 1. The molecular formula is C13H16N4O5. The van der Waals surface area contributed by atoms with Crippen molar-refractivity contribution in [3.05, 3.63) is 37.4 Å². The number of aryl methyl sites for hydroxylation is 1. The number of nitrogens with one attached hydrogen (secondary N) is 1. The summed E-state index contributed by atoms with van der Waals surface area (Å²) in [7, 11) is 1.46. The van der Waals surface area contributed by atoms with Crippen molar-refractivity contribution in [3.8, 4) is 6.07 Å². The molecule has 0 spiro atoms. The van der Waals surface area contributed by atoms with Gasteiger partial charge in [-0.25, -0.2) is 0 Å². The first-order chi connectivity index (χ1) is 10.3. The molecule has 118 valence electrons. The lowest BCUT2D eigenvalue weighted by molar-refractivity contribution is -0.392. The second kappa shape index (κ2) is 7.33. The third-order valence-corrected chi connectivity index (χ3v) is 3.05. The number of hydrogen-bond donors (Lipinski definition) is 1. The van der Waals surface area contributed by atoms with Crippen molar-refractivity contribution in [1.29, 1.82) is 5.26 Å². The maximum atomic E-state index is 11.4. The molecule has 0 aliphatic rings. The van der Waals surface area contributed by atoms with Gasteiger partial charge in [-0.3, -0.25) is 20.2 Å². The number of nitriles is 1. The van der Waals surface area contributed by atoms with Gasteiger partial charge in [0.05, 0.1) is 28.9 Å². The number of hydrogen-bond acceptors (Lipinski definition) is 7. The van der Waals surface area contributed by atoms with Crippen molar-refractivity contribution in [3.63, 3.8) is 0 Å². The highest BCUT2D eigenvalue weighted by atomic mass is 16.6. The van der Waals surface area contributed by atoms with Gasteiger partial charge in [0.1, 0.15) is 0 Å². The molecule has 0 saturated carbocycles. The molecule has 1 rings (SSSR count). The fourth-order valence-electron chi connectivity index (χ4n) is 2.15. The van der Waals surface area contributed by atoms with Crippen molar-refractivity contribution in [2.45, 2.75) is 26.3 Å². The summed E-state index contributed by atoms with van der Waals surface area (Å²) in [4.78, 5) is 21.2. The Morgan fingerprint density at radius 2 is 2.05 bits per heavy atom. The Balaban J connectivity index is 3.59. The number of nitrogens with zero attached hydrogens (tertiary/aromatic N) is 3. The Kier molecular flexibility index (Phi) is 5.77. The molecule has 9 heteroatoms. The lowest BCUT2D eigenvalue weighted by Gasteiger charge is -2.16. The van der Waals surface area contributed by atoms with Crippen LogP contribution in [0.25, 0.3) is 0 Å². The minimum Gasteiger partial charge on any atom is -0.383 e. The van der Waals surface area contributed by atoms with E-state index in [0.717, 1.165) is 0 Å². The molecule has 0 radical (unpaired) electrons. The van der Waals surface area contributed by atoms with Gasteiger partial charge in [0, 0.05) is 24.8 Å². The minimum atomic E-state index is -0.700. The molecule has 1 aromatic carbocycles. The molecule has 0 heterocycles. The first-order valence-electron chi connectivity index (χ1n) is 6.41. The molecule has 1 unspecified atom stereocenters. The number of nitro groups is 2. The molecule has 0 amide bonds. The highest BCUT2D eigenvalue weighted by Crippen LogP contribution is 2.40. The van der Waals surface area contributed by atoms with Crippen molar-refractivity contribution in [2.24, 2.45) is 0 Å². The van der Waals surface area contributed by atoms with E-state index in [0.29, 0.717) is 5.56 Å². The van der Waals surface area contributed by atoms with E-state index in [1.165, 1.54) is 20.1 Å². The van der Waals surface area contributed by atoms with Crippen LogP contribution in [0.5, 0.6) is 0 Å². The lowest BCUT2D eigenvalue weighted by Crippen LogP contribution is -2.22. The lowest BCUT2D eigenvalue weighted by atomic mass is 10.0. The zero-order valence-corrected chi connectivity index (χ0v) is 12.5. The standard InChI is InChI=1S/C13H16N4O5/c1-8-6-11(16(18)19)12(15-9(2)7-22-3)13(17(20)21)10(8)4-5-14/h6,9,15H,4,7H2,1-3H3. The van der Waals surface area contributed by atoms with Crippen LogP contribution in [-0.2, 0) is 11.2 Å². The average Bonchev–Trinajstić information content (AvgIpc) is 2.41. The van der Waals surface area contributed by atoms with Gasteiger partial charge in [-0.1, -0.05) is 0 Å². The Labute approximate surface area is 126 Å². The van der Waals surface area contributed by atoms with Gasteiger partial charge in [-0.15, -0.1) is 0 Å². The van der Waals surface area contributed by atoms with E-state index in [-0.39, 0.29) is 30.3 Å². The third kappa shape index (κ3) is 3.67. The second-order valence-corrected chi connectivity index (χ2v) is 4.76. The zero-order chi connectivity index (χ0) is 16.9. The van der Waals surface area contributed by atoms with E-state index >= 15 is 0 Å². The molecule has 0 saturated heterocycles. The summed E-state index contributed by atoms with van der Waals surface area (Å²) < 4.78 is 4.92. The Bertz CT molecular complexity index is 638. The van der Waals surface area contributed by atoms with Gasteiger partial charge in [0.25, 0.3) is 5.69 Å². The maximum Gasteiger partial charge on any atom is 0.303 e. The van der Waals surface area contributed by atoms with Crippen molar-refractivity contribution in [2.75, 3.05) is 19.0 Å². The topological polar surface area (TPSA) is 131 Å². The quantitative estimate of drug-likeness (QED) is 0.603. The first kappa shape index (κ1) is 17.3. The van der Waals surface area contributed by atoms with Crippen molar-refractivity contribution in [1.82, 2.24) is 0 Å². The third-order valence-electron chi connectivity index (χ3n) is 3.05. The smallest absolute Gasteiger partial charge is 0.303 e. The summed E-state index contributed by atoms with van der Waals surface area (Å²) in [6.45, 7) is 3.41. The van der Waals surface area contributed by atoms with Crippen LogP contribution >= 0.6 is 0 Å². The van der Waals surface area contributed by atoms with Crippen LogP contribution in [0.1, 0.15) is 18.1 Å². The second-order valence-electron chi connectivity index (χ2n) is 4.76. The van der Waals surface area contributed by atoms with E-state index < -0.39 is 21.2 Å². The van der Waals surface area contributed by atoms with E-state index in [1.54, 1.807) is 6.92 Å². The maximum absolute atomic E-state index is 11.4. The number of rotatable bonds is 7. The monoisotopic (exact) mass is 308 g/mol. The summed E-state index contributed by atoms with van der Waals surface area (Å²) in [6, 6.07) is 2.71. The molecule has 0 bridgehead atoms. The summed E-state index contributed by atoms with van der Waals surface area (Å²) in [5, 5.41) is 34.2. The van der Waals surface area contributed by atoms with E-state index in [4.69, 9.17) is 10.00 Å². The zero-order valence-electron chi connectivity index (χ0n) is 12.5. The predicted molar refractivity (Wildman–Crippen MR) is 78.8 cm³/mol. The predicted octanol–water partition coefficient (Wildman–Crippen LogP) is 2.32. The molecule has 1 N–H and O–H groups in total. The van der Waals surface area contributed by atoms with Crippen molar-refractivity contribution < 1.29 is 14.6 Å². The SMILES string of the molecule is COCC(C)Nc1c([N+](=O)[O-])cc(C)c(CC#N)c1[N+](=O)[O-]. The fraction of sp³-hybridized carbons (Fsp3) is 0.462. The van der Waals surface area contributed by atoms with E-state index in [1.807, 2.05) is 6.07 Å². The van der Waals surface area contributed by atoms with Gasteiger partial charge in [-0.05, 0) is 19.4 Å². The Morgan fingerprint density at radius 1 is 1.41 bits per heavy atom. The molecule has 22 heavy (non-hydrogen) atoms. The fourth-order valence-corrected chi connectivity index (χ4v) is 2.15. The highest BCUT2D eigenvalue weighted by molar-refractivity contribution is 5.78. The minimum absolute atomic E-state index is 0.171.